The third kappa shape index (κ3) is 4.92. The van der Waals surface area contributed by atoms with Crippen molar-refractivity contribution in [3.8, 4) is 0 Å². The smallest absolute Gasteiger partial charge is 0.243 e. The van der Waals surface area contributed by atoms with E-state index in [1.807, 2.05) is 0 Å². The number of anilines is 1. The van der Waals surface area contributed by atoms with Crippen LogP contribution >= 0.6 is 11.8 Å². The van der Waals surface area contributed by atoms with Gasteiger partial charge in [-0.15, -0.1) is 11.8 Å². The van der Waals surface area contributed by atoms with Gasteiger partial charge in [0.05, 0.1) is 29.5 Å². The molecule has 10 heteroatoms. The number of rotatable bonds is 5. The molecular formula is C21H29N3O5S2. The molecule has 4 rings (SSSR count). The summed E-state index contributed by atoms with van der Waals surface area (Å²) in [6, 6.07) is 4.96. The predicted octanol–water partition coefficient (Wildman–Crippen LogP) is 1.84. The largest absolute Gasteiger partial charge is 0.379 e. The molecule has 2 heterocycles. The minimum Gasteiger partial charge on any atom is -0.379 e. The molecule has 1 saturated heterocycles. The van der Waals surface area contributed by atoms with E-state index in [1.165, 1.54) is 33.5 Å². The number of hydrogen-bond donors (Lipinski definition) is 1. The highest BCUT2D eigenvalue weighted by Gasteiger charge is 2.32. The summed E-state index contributed by atoms with van der Waals surface area (Å²) in [6.07, 6.45) is 4.33. The Morgan fingerprint density at radius 1 is 1.23 bits per heavy atom. The van der Waals surface area contributed by atoms with Crippen LogP contribution in [0.15, 0.2) is 28.0 Å². The van der Waals surface area contributed by atoms with Crippen molar-refractivity contribution >= 4 is 39.3 Å². The molecule has 0 spiro atoms. The van der Waals surface area contributed by atoms with Gasteiger partial charge >= 0.3 is 0 Å². The van der Waals surface area contributed by atoms with Crippen molar-refractivity contribution in [2.24, 2.45) is 5.92 Å². The molecule has 3 aliphatic rings. The van der Waals surface area contributed by atoms with Crippen LogP contribution in [0.2, 0.25) is 0 Å². The van der Waals surface area contributed by atoms with Crippen LogP contribution in [0.25, 0.3) is 0 Å². The van der Waals surface area contributed by atoms with Crippen molar-refractivity contribution in [2.45, 2.75) is 48.4 Å². The maximum absolute atomic E-state index is 13.1. The van der Waals surface area contributed by atoms with Crippen LogP contribution in [0.4, 0.5) is 5.69 Å². The van der Waals surface area contributed by atoms with Gasteiger partial charge in [0.2, 0.25) is 21.8 Å². The number of thioether (sulfide) groups is 1. The Kier molecular flexibility index (Phi) is 6.90. The van der Waals surface area contributed by atoms with E-state index in [0.29, 0.717) is 37.9 Å². The Morgan fingerprint density at radius 2 is 1.97 bits per heavy atom. The third-order valence-electron chi connectivity index (χ3n) is 6.24. The molecule has 2 atom stereocenters. The second-order valence-corrected chi connectivity index (χ2v) is 11.3. The summed E-state index contributed by atoms with van der Waals surface area (Å²) < 4.78 is 32.8. The van der Waals surface area contributed by atoms with Crippen molar-refractivity contribution < 1.29 is 22.7 Å². The number of benzene rings is 1. The highest BCUT2D eigenvalue weighted by Crippen LogP contribution is 2.37. The number of carbonyl (C=O) groups excluding carboxylic acids is 2. The van der Waals surface area contributed by atoms with Crippen molar-refractivity contribution in [1.29, 1.82) is 0 Å². The SMILES string of the molecule is C[C@H]1CCCC[C@H]1NC(=O)CN1C(=O)CSc2ccc(S(=O)(=O)N3CCOCC3)cc21. The lowest BCUT2D eigenvalue weighted by atomic mass is 9.86. The summed E-state index contributed by atoms with van der Waals surface area (Å²) in [6.45, 7) is 3.38. The van der Waals surface area contributed by atoms with Crippen LogP contribution in [-0.2, 0) is 24.3 Å². The Balaban J connectivity index is 1.54. The molecule has 31 heavy (non-hydrogen) atoms. The normalized spacial score (nSPS) is 25.2. The summed E-state index contributed by atoms with van der Waals surface area (Å²) in [5.41, 5.74) is 0.488. The van der Waals surface area contributed by atoms with Gasteiger partial charge in [0.1, 0.15) is 6.54 Å². The first-order valence-electron chi connectivity index (χ1n) is 10.8. The van der Waals surface area contributed by atoms with Crippen molar-refractivity contribution in [3.63, 3.8) is 0 Å². The molecule has 1 aromatic carbocycles. The fourth-order valence-electron chi connectivity index (χ4n) is 4.38. The van der Waals surface area contributed by atoms with Crippen molar-refractivity contribution in [2.75, 3.05) is 43.5 Å². The number of fused-ring (bicyclic) bond motifs is 1. The number of amides is 2. The van der Waals surface area contributed by atoms with Gasteiger partial charge in [0, 0.05) is 24.0 Å². The topological polar surface area (TPSA) is 96.0 Å². The lowest BCUT2D eigenvalue weighted by molar-refractivity contribution is -0.123. The lowest BCUT2D eigenvalue weighted by Gasteiger charge is -2.32. The van der Waals surface area contributed by atoms with Gasteiger partial charge in [-0.3, -0.25) is 9.59 Å². The highest BCUT2D eigenvalue weighted by molar-refractivity contribution is 8.00. The van der Waals surface area contributed by atoms with Crippen LogP contribution in [0.1, 0.15) is 32.6 Å². The lowest BCUT2D eigenvalue weighted by Crippen LogP contribution is -2.48. The number of carbonyl (C=O) groups is 2. The van der Waals surface area contributed by atoms with Crippen LogP contribution in [0.5, 0.6) is 0 Å². The summed E-state index contributed by atoms with van der Waals surface area (Å²) in [5, 5.41) is 3.08. The van der Waals surface area contributed by atoms with Gasteiger partial charge in [-0.1, -0.05) is 19.8 Å². The van der Waals surface area contributed by atoms with Gasteiger partial charge in [0.25, 0.3) is 0 Å². The van der Waals surface area contributed by atoms with E-state index in [1.54, 1.807) is 12.1 Å². The fraction of sp³-hybridized carbons (Fsp3) is 0.619. The molecular weight excluding hydrogens is 438 g/mol. The third-order valence-corrected chi connectivity index (χ3v) is 9.18. The second-order valence-electron chi connectivity index (χ2n) is 8.35. The van der Waals surface area contributed by atoms with E-state index in [9.17, 15) is 18.0 Å². The molecule has 0 radical (unpaired) electrons. The average molecular weight is 468 g/mol. The van der Waals surface area contributed by atoms with Gasteiger partial charge in [-0.25, -0.2) is 8.42 Å². The number of nitrogens with zero attached hydrogens (tertiary/aromatic N) is 2. The molecule has 1 saturated carbocycles. The van der Waals surface area contributed by atoms with Crippen LogP contribution < -0.4 is 10.2 Å². The zero-order chi connectivity index (χ0) is 22.0. The van der Waals surface area contributed by atoms with E-state index in [-0.39, 0.29) is 35.0 Å². The molecule has 8 nitrogen and oxygen atoms in total. The first-order valence-corrected chi connectivity index (χ1v) is 13.2. The monoisotopic (exact) mass is 467 g/mol. The zero-order valence-electron chi connectivity index (χ0n) is 17.7. The Hall–Kier alpha value is -1.62. The molecule has 2 aliphatic heterocycles. The van der Waals surface area contributed by atoms with E-state index in [0.717, 1.165) is 24.2 Å². The average Bonchev–Trinajstić information content (AvgIpc) is 2.77. The maximum atomic E-state index is 13.1. The molecule has 2 fully saturated rings. The van der Waals surface area contributed by atoms with Crippen molar-refractivity contribution in [3.05, 3.63) is 18.2 Å². The molecule has 0 unspecified atom stereocenters. The van der Waals surface area contributed by atoms with Gasteiger partial charge in [-0.2, -0.15) is 4.31 Å². The number of morpholine rings is 1. The number of sulfonamides is 1. The standard InChI is InChI=1S/C21H29N3O5S2/c1-15-4-2-3-5-17(15)22-20(25)13-24-18-12-16(6-7-19(18)30-14-21(24)26)31(27,28)23-8-10-29-11-9-23/h6-7,12,15,17H,2-5,8-11,13-14H2,1H3,(H,22,25)/t15-,17+/m0/s1. The van der Waals surface area contributed by atoms with Gasteiger partial charge in [0.15, 0.2) is 0 Å². The number of nitrogens with one attached hydrogen (secondary N) is 1. The summed E-state index contributed by atoms with van der Waals surface area (Å²) in [4.78, 5) is 27.8. The fourth-order valence-corrected chi connectivity index (χ4v) is 6.72. The number of hydrogen-bond acceptors (Lipinski definition) is 6. The minimum absolute atomic E-state index is 0.101. The molecule has 1 aromatic rings. The van der Waals surface area contributed by atoms with E-state index in [4.69, 9.17) is 4.74 Å². The van der Waals surface area contributed by atoms with Crippen LogP contribution in [0.3, 0.4) is 0 Å². The van der Waals surface area contributed by atoms with E-state index >= 15 is 0 Å². The first-order chi connectivity index (χ1) is 14.9. The molecule has 1 aliphatic carbocycles. The maximum Gasteiger partial charge on any atom is 0.243 e. The number of ether oxygens (including phenoxy) is 1. The highest BCUT2D eigenvalue weighted by atomic mass is 32.2. The summed E-state index contributed by atoms with van der Waals surface area (Å²) >= 11 is 1.37. The zero-order valence-corrected chi connectivity index (χ0v) is 19.3. The summed E-state index contributed by atoms with van der Waals surface area (Å²) in [5.74, 6) is 0.259. The first kappa shape index (κ1) is 22.6. The van der Waals surface area contributed by atoms with Crippen LogP contribution in [-0.4, -0.2) is 69.2 Å². The molecule has 2 amide bonds. The molecule has 0 bridgehead atoms. The molecule has 0 aromatic heterocycles. The van der Waals surface area contributed by atoms with E-state index in [2.05, 4.69) is 12.2 Å². The van der Waals surface area contributed by atoms with E-state index < -0.39 is 10.0 Å². The van der Waals surface area contributed by atoms with Crippen LogP contribution in [0, 0.1) is 5.92 Å². The Labute approximate surface area is 187 Å². The molecule has 1 N–H and O–H groups in total. The predicted molar refractivity (Wildman–Crippen MR) is 119 cm³/mol. The summed E-state index contributed by atoms with van der Waals surface area (Å²) in [7, 11) is -3.69. The van der Waals surface area contributed by atoms with Gasteiger partial charge < -0.3 is 15.0 Å². The Morgan fingerprint density at radius 3 is 2.71 bits per heavy atom. The van der Waals surface area contributed by atoms with Crippen molar-refractivity contribution in [1.82, 2.24) is 9.62 Å². The second kappa shape index (κ2) is 9.48. The molecule has 170 valence electrons. The quantitative estimate of drug-likeness (QED) is 0.710. The minimum atomic E-state index is -3.69. The van der Waals surface area contributed by atoms with Gasteiger partial charge in [-0.05, 0) is 37.0 Å². The Bertz CT molecular complexity index is 946.